The molecule has 0 bridgehead atoms. The topological polar surface area (TPSA) is 91.2 Å². The number of hydrogen-bond acceptors (Lipinski definition) is 6. The van der Waals surface area contributed by atoms with Crippen molar-refractivity contribution in [3.05, 3.63) is 47.8 Å². The second kappa shape index (κ2) is 8.73. The van der Waals surface area contributed by atoms with E-state index in [4.69, 9.17) is 4.74 Å². The molecule has 1 aromatic carbocycles. The number of fused-ring (bicyclic) bond motifs is 1. The van der Waals surface area contributed by atoms with Crippen molar-refractivity contribution in [2.75, 3.05) is 13.2 Å². The molecule has 2 unspecified atom stereocenters. The molecule has 4 rings (SSSR count). The van der Waals surface area contributed by atoms with E-state index in [2.05, 4.69) is 25.0 Å². The summed E-state index contributed by atoms with van der Waals surface area (Å²) >= 11 is 0. The van der Waals surface area contributed by atoms with Crippen LogP contribution in [0.15, 0.2) is 30.6 Å². The number of rotatable bonds is 5. The third-order valence-electron chi connectivity index (χ3n) is 5.37. The number of benzene rings is 1. The van der Waals surface area contributed by atoms with E-state index in [1.807, 2.05) is 0 Å². The normalized spacial score (nSPS) is 17.8. The summed E-state index contributed by atoms with van der Waals surface area (Å²) in [5.41, 5.74) is 1.79. The van der Waals surface area contributed by atoms with Crippen molar-refractivity contribution in [1.82, 2.24) is 24.8 Å². The zero-order chi connectivity index (χ0) is 22.9. The van der Waals surface area contributed by atoms with Gasteiger partial charge in [0.05, 0.1) is 35.6 Å². The minimum atomic E-state index is -4.80. The van der Waals surface area contributed by atoms with E-state index in [0.29, 0.717) is 35.8 Å². The van der Waals surface area contributed by atoms with Gasteiger partial charge in [0.2, 0.25) is 0 Å². The smallest absolute Gasteiger partial charge is 0.406 e. The number of amides is 1. The van der Waals surface area contributed by atoms with Crippen molar-refractivity contribution in [1.29, 1.82) is 0 Å². The van der Waals surface area contributed by atoms with Crippen LogP contribution in [0.3, 0.4) is 0 Å². The molecule has 0 radical (unpaired) electrons. The maximum absolute atomic E-state index is 12.9. The zero-order valence-corrected chi connectivity index (χ0v) is 17.5. The van der Waals surface area contributed by atoms with Crippen molar-refractivity contribution in [2.24, 2.45) is 13.0 Å². The van der Waals surface area contributed by atoms with Gasteiger partial charge in [-0.1, -0.05) is 0 Å². The lowest BCUT2D eigenvalue weighted by Gasteiger charge is -2.30. The molecule has 1 saturated heterocycles. The molecule has 2 aromatic heterocycles. The standard InChI is InChI=1S/C21H22F3N5O3/c1-12-9-26-16(10-25-12)20(30)28-18(13-4-3-7-31-11-13)19-27-15-8-14(32-21(22,23)24)5-6-17(15)29(19)2/h5-6,8-10,13,18H,3-4,7,11H2,1-2H3,(H,28,30). The minimum absolute atomic E-state index is 0.0625. The lowest BCUT2D eigenvalue weighted by molar-refractivity contribution is -0.274. The Kier molecular flexibility index (Phi) is 6.00. The molecule has 3 heterocycles. The van der Waals surface area contributed by atoms with E-state index in [1.165, 1.54) is 30.6 Å². The van der Waals surface area contributed by atoms with Gasteiger partial charge in [0.1, 0.15) is 17.3 Å². The molecule has 1 amide bonds. The largest absolute Gasteiger partial charge is 0.573 e. The Hall–Kier alpha value is -3.21. The maximum atomic E-state index is 12.9. The second-order valence-electron chi connectivity index (χ2n) is 7.70. The molecule has 1 aliphatic rings. The molecule has 3 aromatic rings. The Morgan fingerprint density at radius 2 is 2.12 bits per heavy atom. The summed E-state index contributed by atoms with van der Waals surface area (Å²) in [6.45, 7) is 2.84. The summed E-state index contributed by atoms with van der Waals surface area (Å²) in [7, 11) is 1.75. The maximum Gasteiger partial charge on any atom is 0.573 e. The van der Waals surface area contributed by atoms with Crippen LogP contribution in [0.2, 0.25) is 0 Å². The number of nitrogens with one attached hydrogen (secondary N) is 1. The molecule has 1 fully saturated rings. The van der Waals surface area contributed by atoms with E-state index in [9.17, 15) is 18.0 Å². The Bertz CT molecular complexity index is 1110. The number of nitrogens with zero attached hydrogens (tertiary/aromatic N) is 4. The summed E-state index contributed by atoms with van der Waals surface area (Å²) in [5.74, 6) is -0.326. The molecule has 0 aliphatic carbocycles. The Balaban J connectivity index is 1.69. The summed E-state index contributed by atoms with van der Waals surface area (Å²) in [4.78, 5) is 25.7. The number of ether oxygens (including phenoxy) is 2. The highest BCUT2D eigenvalue weighted by atomic mass is 19.4. The van der Waals surface area contributed by atoms with Crippen LogP contribution in [0, 0.1) is 12.8 Å². The average molecular weight is 449 g/mol. The lowest BCUT2D eigenvalue weighted by Crippen LogP contribution is -2.38. The quantitative estimate of drug-likeness (QED) is 0.642. The van der Waals surface area contributed by atoms with Crippen molar-refractivity contribution in [3.8, 4) is 5.75 Å². The molecule has 0 spiro atoms. The second-order valence-corrected chi connectivity index (χ2v) is 7.70. The summed E-state index contributed by atoms with van der Waals surface area (Å²) < 4.78 is 49.2. The van der Waals surface area contributed by atoms with Crippen LogP contribution in [0.1, 0.15) is 40.9 Å². The number of aryl methyl sites for hydroxylation is 2. The van der Waals surface area contributed by atoms with Crippen molar-refractivity contribution in [3.63, 3.8) is 0 Å². The molecule has 170 valence electrons. The molecule has 11 heteroatoms. The van der Waals surface area contributed by atoms with Gasteiger partial charge < -0.3 is 19.4 Å². The predicted molar refractivity (Wildman–Crippen MR) is 108 cm³/mol. The van der Waals surface area contributed by atoms with Crippen molar-refractivity contribution < 1.29 is 27.4 Å². The number of carbonyl (C=O) groups excluding carboxylic acids is 1. The number of alkyl halides is 3. The van der Waals surface area contributed by atoms with Gasteiger partial charge in [0.15, 0.2) is 0 Å². The average Bonchev–Trinajstić information content (AvgIpc) is 3.07. The van der Waals surface area contributed by atoms with Gasteiger partial charge in [-0.05, 0) is 31.9 Å². The van der Waals surface area contributed by atoms with E-state index < -0.39 is 18.3 Å². The van der Waals surface area contributed by atoms with Crippen LogP contribution in [0.25, 0.3) is 11.0 Å². The fourth-order valence-electron chi connectivity index (χ4n) is 3.82. The zero-order valence-electron chi connectivity index (χ0n) is 17.5. The Labute approximate surface area is 181 Å². The number of carbonyl (C=O) groups is 1. The molecular weight excluding hydrogens is 427 g/mol. The SMILES string of the molecule is Cc1cnc(C(=O)NC(c2nc3cc(OC(F)(F)F)ccc3n2C)C2CCCOC2)cn1. The lowest BCUT2D eigenvalue weighted by atomic mass is 9.93. The Morgan fingerprint density at radius 3 is 2.78 bits per heavy atom. The fraction of sp³-hybridized carbons (Fsp3) is 0.429. The highest BCUT2D eigenvalue weighted by molar-refractivity contribution is 5.92. The summed E-state index contributed by atoms with van der Waals surface area (Å²) in [5, 5.41) is 2.98. The minimum Gasteiger partial charge on any atom is -0.406 e. The van der Waals surface area contributed by atoms with E-state index in [0.717, 1.165) is 12.8 Å². The Morgan fingerprint density at radius 1 is 1.31 bits per heavy atom. The van der Waals surface area contributed by atoms with E-state index >= 15 is 0 Å². The highest BCUT2D eigenvalue weighted by Crippen LogP contribution is 2.32. The third kappa shape index (κ3) is 4.82. The van der Waals surface area contributed by atoms with E-state index in [1.54, 1.807) is 18.5 Å². The third-order valence-corrected chi connectivity index (χ3v) is 5.37. The molecule has 1 N–H and O–H groups in total. The first-order chi connectivity index (χ1) is 15.2. The number of aromatic nitrogens is 4. The van der Waals surface area contributed by atoms with Crippen LogP contribution >= 0.6 is 0 Å². The van der Waals surface area contributed by atoms with Crippen LogP contribution in [0.4, 0.5) is 13.2 Å². The van der Waals surface area contributed by atoms with Crippen LogP contribution in [-0.4, -0.2) is 45.0 Å². The van der Waals surface area contributed by atoms with Gasteiger partial charge in [0.25, 0.3) is 5.91 Å². The number of halogens is 3. The van der Waals surface area contributed by atoms with E-state index in [-0.39, 0.29) is 17.4 Å². The molecule has 0 saturated carbocycles. The molecule has 32 heavy (non-hydrogen) atoms. The first kappa shape index (κ1) is 22.0. The monoisotopic (exact) mass is 449 g/mol. The molecule has 1 aliphatic heterocycles. The van der Waals surface area contributed by atoms with Gasteiger partial charge in [-0.3, -0.25) is 9.78 Å². The highest BCUT2D eigenvalue weighted by Gasteiger charge is 2.33. The van der Waals surface area contributed by atoms with Crippen molar-refractivity contribution >= 4 is 16.9 Å². The van der Waals surface area contributed by atoms with Gasteiger partial charge in [-0.2, -0.15) is 0 Å². The van der Waals surface area contributed by atoms with Gasteiger partial charge in [-0.15, -0.1) is 13.2 Å². The van der Waals surface area contributed by atoms with Crippen LogP contribution in [-0.2, 0) is 11.8 Å². The summed E-state index contributed by atoms with van der Waals surface area (Å²) in [6, 6.07) is 3.44. The first-order valence-electron chi connectivity index (χ1n) is 10.1. The first-order valence-corrected chi connectivity index (χ1v) is 10.1. The predicted octanol–water partition coefficient (Wildman–Crippen LogP) is 3.47. The van der Waals surface area contributed by atoms with Gasteiger partial charge in [0, 0.05) is 31.8 Å². The van der Waals surface area contributed by atoms with Gasteiger partial charge in [-0.25, -0.2) is 9.97 Å². The van der Waals surface area contributed by atoms with Crippen molar-refractivity contribution in [2.45, 2.75) is 32.2 Å². The fourth-order valence-corrected chi connectivity index (χ4v) is 3.82. The summed E-state index contributed by atoms with van der Waals surface area (Å²) in [6.07, 6.45) is -0.263. The van der Waals surface area contributed by atoms with Gasteiger partial charge >= 0.3 is 6.36 Å². The number of hydrogen-bond donors (Lipinski definition) is 1. The molecule has 8 nitrogen and oxygen atoms in total. The van der Waals surface area contributed by atoms with Crippen LogP contribution in [0.5, 0.6) is 5.75 Å². The molecular formula is C21H22F3N5O3. The molecule has 2 atom stereocenters. The van der Waals surface area contributed by atoms with Crippen LogP contribution < -0.4 is 10.1 Å². The number of imidazole rings is 1.